The highest BCUT2D eigenvalue weighted by molar-refractivity contribution is 5.56. The molecule has 1 aliphatic rings. The van der Waals surface area contributed by atoms with Crippen molar-refractivity contribution in [2.45, 2.75) is 26.4 Å². The van der Waals surface area contributed by atoms with Crippen molar-refractivity contribution in [3.05, 3.63) is 41.7 Å². The zero-order chi connectivity index (χ0) is 12.5. The third-order valence-corrected chi connectivity index (χ3v) is 3.65. The normalized spacial score (nSPS) is 16.3. The number of hydrogen-bond acceptors (Lipinski definition) is 2. The van der Waals surface area contributed by atoms with E-state index < -0.39 is 0 Å². The predicted octanol–water partition coefficient (Wildman–Crippen LogP) is 2.69. The van der Waals surface area contributed by atoms with E-state index in [1.54, 1.807) is 0 Å². The lowest BCUT2D eigenvalue weighted by atomic mass is 10.2. The van der Waals surface area contributed by atoms with Gasteiger partial charge in [0.25, 0.3) is 0 Å². The lowest BCUT2D eigenvalue weighted by Crippen LogP contribution is -2.17. The first-order valence-electron chi connectivity index (χ1n) is 6.55. The molecule has 0 bridgehead atoms. The third-order valence-electron chi connectivity index (χ3n) is 3.65. The van der Waals surface area contributed by atoms with E-state index in [0.29, 0.717) is 0 Å². The first-order chi connectivity index (χ1) is 8.75. The number of benzene rings is 1. The van der Waals surface area contributed by atoms with Crippen molar-refractivity contribution in [1.29, 1.82) is 0 Å². The minimum Gasteiger partial charge on any atom is -0.327 e. The van der Waals surface area contributed by atoms with Gasteiger partial charge in [0.1, 0.15) is 5.82 Å². The summed E-state index contributed by atoms with van der Waals surface area (Å²) in [6.07, 6.45) is 1.19. The minimum absolute atomic E-state index is 1.01. The molecule has 3 rings (SSSR count). The summed E-state index contributed by atoms with van der Waals surface area (Å²) in [4.78, 5) is 7.15. The van der Waals surface area contributed by atoms with E-state index in [1.807, 2.05) is 0 Å². The molecule has 1 aromatic heterocycles. The van der Waals surface area contributed by atoms with Crippen molar-refractivity contribution in [2.24, 2.45) is 0 Å². The number of nitrogens with zero attached hydrogens (tertiary/aromatic N) is 3. The topological polar surface area (TPSA) is 21.1 Å². The van der Waals surface area contributed by atoms with E-state index in [4.69, 9.17) is 4.98 Å². The summed E-state index contributed by atoms with van der Waals surface area (Å²) >= 11 is 0. The number of hydrogen-bond donors (Lipinski definition) is 0. The van der Waals surface area contributed by atoms with E-state index in [9.17, 15) is 0 Å². The first-order valence-corrected chi connectivity index (χ1v) is 6.55. The zero-order valence-corrected chi connectivity index (χ0v) is 11.1. The van der Waals surface area contributed by atoms with Crippen LogP contribution in [0.1, 0.15) is 17.8 Å². The van der Waals surface area contributed by atoms with Crippen LogP contribution in [0.2, 0.25) is 0 Å². The van der Waals surface area contributed by atoms with Crippen LogP contribution >= 0.6 is 0 Å². The highest BCUT2D eigenvalue weighted by Crippen LogP contribution is 2.25. The summed E-state index contributed by atoms with van der Waals surface area (Å²) in [5.74, 6) is 1.12. The summed E-state index contributed by atoms with van der Waals surface area (Å²) in [6, 6.07) is 10.5. The van der Waals surface area contributed by atoms with Crippen LogP contribution < -0.4 is 0 Å². The van der Waals surface area contributed by atoms with Gasteiger partial charge in [-0.25, -0.2) is 4.98 Å². The Kier molecular flexibility index (Phi) is 2.92. The Bertz CT molecular complexity index is 542. The van der Waals surface area contributed by atoms with Crippen molar-refractivity contribution >= 4 is 0 Å². The van der Waals surface area contributed by atoms with Gasteiger partial charge in [-0.2, -0.15) is 0 Å². The van der Waals surface area contributed by atoms with Gasteiger partial charge in [-0.1, -0.05) is 30.3 Å². The Morgan fingerprint density at radius 1 is 1.11 bits per heavy atom. The largest absolute Gasteiger partial charge is 0.327 e. The molecule has 1 aromatic carbocycles. The molecular formula is C15H19N3. The number of aryl methyl sites for hydroxylation is 1. The Morgan fingerprint density at radius 3 is 2.67 bits per heavy atom. The molecule has 0 atom stereocenters. The maximum Gasteiger partial charge on any atom is 0.140 e. The summed E-state index contributed by atoms with van der Waals surface area (Å²) < 4.78 is 2.40. The maximum atomic E-state index is 4.77. The quantitative estimate of drug-likeness (QED) is 0.765. The highest BCUT2D eigenvalue weighted by Gasteiger charge is 2.19. The third kappa shape index (κ3) is 1.95. The van der Waals surface area contributed by atoms with Gasteiger partial charge in [-0.15, -0.1) is 0 Å². The molecule has 0 aliphatic carbocycles. The maximum absolute atomic E-state index is 4.77. The fraction of sp³-hybridized carbons (Fsp3) is 0.400. The summed E-state index contributed by atoms with van der Waals surface area (Å²) in [6.45, 7) is 5.36. The van der Waals surface area contributed by atoms with E-state index >= 15 is 0 Å². The average Bonchev–Trinajstić information content (AvgIpc) is 2.58. The van der Waals surface area contributed by atoms with E-state index in [0.717, 1.165) is 25.5 Å². The molecule has 2 heterocycles. The molecule has 0 spiro atoms. The van der Waals surface area contributed by atoms with Gasteiger partial charge in [-0.3, -0.25) is 0 Å². The van der Waals surface area contributed by atoms with Crippen molar-refractivity contribution in [3.8, 4) is 11.4 Å². The molecule has 1 aliphatic heterocycles. The molecule has 0 radical (unpaired) electrons. The zero-order valence-electron chi connectivity index (χ0n) is 11.1. The summed E-state index contributed by atoms with van der Waals surface area (Å²) in [5.41, 5.74) is 3.76. The second-order valence-corrected chi connectivity index (χ2v) is 5.08. The van der Waals surface area contributed by atoms with Gasteiger partial charge in [0.2, 0.25) is 0 Å². The molecular weight excluding hydrogens is 222 g/mol. The molecule has 94 valence electrons. The van der Waals surface area contributed by atoms with Crippen LogP contribution in [0, 0.1) is 6.92 Å². The molecule has 0 saturated heterocycles. The fourth-order valence-corrected chi connectivity index (χ4v) is 2.69. The fourth-order valence-electron chi connectivity index (χ4n) is 2.69. The molecule has 3 heteroatoms. The van der Waals surface area contributed by atoms with Crippen LogP contribution in [0.3, 0.4) is 0 Å². The van der Waals surface area contributed by atoms with Gasteiger partial charge in [0.05, 0.1) is 11.4 Å². The first kappa shape index (κ1) is 11.5. The monoisotopic (exact) mass is 241 g/mol. The van der Waals surface area contributed by atoms with Crippen LogP contribution in [0.15, 0.2) is 30.3 Å². The summed E-state index contributed by atoms with van der Waals surface area (Å²) in [7, 11) is 2.18. The van der Waals surface area contributed by atoms with Crippen LogP contribution in [-0.4, -0.2) is 28.0 Å². The smallest absolute Gasteiger partial charge is 0.140 e. The Hall–Kier alpha value is -1.61. The molecule has 3 nitrogen and oxygen atoms in total. The average molecular weight is 241 g/mol. The SMILES string of the molecule is Cc1nc(-c2ccccc2)n2c1CN(C)CCC2. The second kappa shape index (κ2) is 4.58. The van der Waals surface area contributed by atoms with E-state index in [2.05, 4.69) is 53.8 Å². The predicted molar refractivity (Wildman–Crippen MR) is 73.4 cm³/mol. The van der Waals surface area contributed by atoms with Crippen LogP contribution in [0.4, 0.5) is 0 Å². The standard InChI is InChI=1S/C15H19N3/c1-12-14-11-17(2)9-6-10-18(14)15(16-12)13-7-4-3-5-8-13/h3-5,7-8H,6,9-11H2,1-2H3. The summed E-state index contributed by atoms with van der Waals surface area (Å²) in [5, 5.41) is 0. The van der Waals surface area contributed by atoms with Gasteiger partial charge >= 0.3 is 0 Å². The molecule has 2 aromatic rings. The lowest BCUT2D eigenvalue weighted by molar-refractivity contribution is 0.331. The minimum atomic E-state index is 1.01. The Balaban J connectivity index is 2.10. The Morgan fingerprint density at radius 2 is 1.89 bits per heavy atom. The lowest BCUT2D eigenvalue weighted by Gasteiger charge is -2.12. The van der Waals surface area contributed by atoms with Gasteiger partial charge in [0.15, 0.2) is 0 Å². The molecule has 0 fully saturated rings. The second-order valence-electron chi connectivity index (χ2n) is 5.08. The van der Waals surface area contributed by atoms with Gasteiger partial charge in [-0.05, 0) is 26.9 Å². The molecule has 0 saturated carbocycles. The highest BCUT2D eigenvalue weighted by atomic mass is 15.2. The van der Waals surface area contributed by atoms with Crippen LogP contribution in [-0.2, 0) is 13.1 Å². The molecule has 0 unspecified atom stereocenters. The van der Waals surface area contributed by atoms with Gasteiger partial charge < -0.3 is 9.47 Å². The number of aromatic nitrogens is 2. The number of imidazole rings is 1. The van der Waals surface area contributed by atoms with E-state index in [-0.39, 0.29) is 0 Å². The van der Waals surface area contributed by atoms with Crippen LogP contribution in [0.5, 0.6) is 0 Å². The number of fused-ring (bicyclic) bond motifs is 1. The molecule has 0 N–H and O–H groups in total. The Labute approximate surface area is 108 Å². The number of rotatable bonds is 1. The molecule has 0 amide bonds. The molecule has 18 heavy (non-hydrogen) atoms. The van der Waals surface area contributed by atoms with E-state index in [1.165, 1.54) is 23.4 Å². The van der Waals surface area contributed by atoms with Crippen LogP contribution in [0.25, 0.3) is 11.4 Å². The van der Waals surface area contributed by atoms with Crippen molar-refractivity contribution in [1.82, 2.24) is 14.5 Å². The van der Waals surface area contributed by atoms with Crippen molar-refractivity contribution in [3.63, 3.8) is 0 Å². The van der Waals surface area contributed by atoms with Gasteiger partial charge in [0, 0.05) is 18.7 Å². The van der Waals surface area contributed by atoms with Crippen molar-refractivity contribution in [2.75, 3.05) is 13.6 Å². The van der Waals surface area contributed by atoms with Crippen molar-refractivity contribution < 1.29 is 0 Å².